The molecule has 1 heterocycles. The van der Waals surface area contributed by atoms with Gasteiger partial charge in [-0.05, 0) is 54.8 Å². The number of aryl methyl sites for hydroxylation is 2. The van der Waals surface area contributed by atoms with Gasteiger partial charge in [-0.1, -0.05) is 42.5 Å². The molecule has 0 spiro atoms. The fourth-order valence-corrected chi connectivity index (χ4v) is 3.96. The van der Waals surface area contributed by atoms with Crippen molar-refractivity contribution in [1.82, 2.24) is 14.9 Å². The van der Waals surface area contributed by atoms with Crippen molar-refractivity contribution < 1.29 is 14.3 Å². The van der Waals surface area contributed by atoms with Crippen LogP contribution in [0.5, 0.6) is 11.5 Å². The molecule has 0 atom stereocenters. The number of nitrogens with zero attached hydrogens (tertiary/aromatic N) is 2. The Labute approximate surface area is 200 Å². The topological polar surface area (TPSA) is 65.4 Å². The number of aromatic nitrogens is 2. The van der Waals surface area contributed by atoms with Crippen LogP contribution in [0.4, 0.5) is 0 Å². The first kappa shape index (κ1) is 23.4. The number of hydrogen-bond acceptors (Lipinski definition) is 4. The molecule has 34 heavy (non-hydrogen) atoms. The van der Waals surface area contributed by atoms with Gasteiger partial charge in [0.1, 0.15) is 17.3 Å². The van der Waals surface area contributed by atoms with Crippen LogP contribution in [0.2, 0.25) is 0 Å². The number of rotatable bonds is 12. The molecule has 1 amide bonds. The van der Waals surface area contributed by atoms with Crippen LogP contribution in [0.3, 0.4) is 0 Å². The van der Waals surface area contributed by atoms with Gasteiger partial charge in [0.2, 0.25) is 5.91 Å². The largest absolute Gasteiger partial charge is 0.497 e. The van der Waals surface area contributed by atoms with Crippen molar-refractivity contribution in [1.29, 1.82) is 0 Å². The van der Waals surface area contributed by atoms with Crippen LogP contribution >= 0.6 is 0 Å². The lowest BCUT2D eigenvalue weighted by molar-refractivity contribution is -0.120. The SMILES string of the molecule is COc1ccc(CC(=O)NCCCc2nc3ccccc3n2CCCOc2ccccc2)cc1. The van der Waals surface area contributed by atoms with Gasteiger partial charge in [0.25, 0.3) is 0 Å². The minimum atomic E-state index is 0.0248. The fraction of sp³-hybridized carbons (Fsp3) is 0.286. The van der Waals surface area contributed by atoms with Crippen LogP contribution in [0, 0.1) is 0 Å². The van der Waals surface area contributed by atoms with E-state index in [4.69, 9.17) is 14.5 Å². The zero-order valence-electron chi connectivity index (χ0n) is 19.6. The smallest absolute Gasteiger partial charge is 0.224 e. The van der Waals surface area contributed by atoms with E-state index in [0.717, 1.165) is 59.7 Å². The third-order valence-corrected chi connectivity index (χ3v) is 5.69. The molecule has 0 bridgehead atoms. The Balaban J connectivity index is 1.27. The molecule has 6 heteroatoms. The molecular formula is C28H31N3O3. The maximum atomic E-state index is 12.3. The maximum Gasteiger partial charge on any atom is 0.224 e. The van der Waals surface area contributed by atoms with Crippen LogP contribution in [0.25, 0.3) is 11.0 Å². The first-order valence-corrected chi connectivity index (χ1v) is 11.7. The predicted molar refractivity (Wildman–Crippen MR) is 134 cm³/mol. The molecule has 1 N–H and O–H groups in total. The number of benzene rings is 3. The highest BCUT2D eigenvalue weighted by Gasteiger charge is 2.11. The highest BCUT2D eigenvalue weighted by atomic mass is 16.5. The number of ether oxygens (including phenoxy) is 2. The summed E-state index contributed by atoms with van der Waals surface area (Å²) in [4.78, 5) is 17.1. The third-order valence-electron chi connectivity index (χ3n) is 5.69. The molecule has 4 rings (SSSR count). The summed E-state index contributed by atoms with van der Waals surface area (Å²) in [5.41, 5.74) is 3.11. The van der Waals surface area contributed by atoms with Crippen LogP contribution in [-0.4, -0.2) is 35.7 Å². The van der Waals surface area contributed by atoms with Gasteiger partial charge >= 0.3 is 0 Å². The quantitative estimate of drug-likeness (QED) is 0.310. The number of fused-ring (bicyclic) bond motifs is 1. The number of carbonyl (C=O) groups excluding carboxylic acids is 1. The van der Waals surface area contributed by atoms with Gasteiger partial charge in [-0.25, -0.2) is 4.98 Å². The number of carbonyl (C=O) groups is 1. The van der Waals surface area contributed by atoms with Crippen LogP contribution in [0.15, 0.2) is 78.9 Å². The predicted octanol–water partition coefficient (Wildman–Crippen LogP) is 4.81. The summed E-state index contributed by atoms with van der Waals surface area (Å²) in [6.07, 6.45) is 2.89. The Morgan fingerprint density at radius 3 is 2.47 bits per heavy atom. The van der Waals surface area contributed by atoms with Crippen molar-refractivity contribution in [3.63, 3.8) is 0 Å². The Bertz CT molecular complexity index is 1190. The Kier molecular flexibility index (Phi) is 8.17. The van der Waals surface area contributed by atoms with Crippen molar-refractivity contribution in [3.05, 3.63) is 90.3 Å². The lowest BCUT2D eigenvalue weighted by Gasteiger charge is -2.11. The second kappa shape index (κ2) is 11.9. The van der Waals surface area contributed by atoms with E-state index in [1.54, 1.807) is 7.11 Å². The van der Waals surface area contributed by atoms with Crippen molar-refractivity contribution in [3.8, 4) is 11.5 Å². The van der Waals surface area contributed by atoms with E-state index < -0.39 is 0 Å². The molecule has 0 fully saturated rings. The van der Waals surface area contributed by atoms with Gasteiger partial charge in [-0.15, -0.1) is 0 Å². The molecular weight excluding hydrogens is 426 g/mol. The standard InChI is InChI=1S/C28H31N3O3/c1-33-23-16-14-22(15-17-23)21-28(32)29-18-7-13-27-30-25-11-5-6-12-26(25)31(27)19-8-20-34-24-9-3-2-4-10-24/h2-6,9-12,14-17H,7-8,13,18-21H2,1H3,(H,29,32). The normalized spacial score (nSPS) is 10.9. The molecule has 176 valence electrons. The molecule has 6 nitrogen and oxygen atoms in total. The first-order chi connectivity index (χ1) is 16.7. The lowest BCUT2D eigenvalue weighted by Crippen LogP contribution is -2.26. The van der Waals surface area contributed by atoms with E-state index in [1.165, 1.54) is 0 Å². The molecule has 0 unspecified atom stereocenters. The highest BCUT2D eigenvalue weighted by molar-refractivity contribution is 5.78. The van der Waals surface area contributed by atoms with Crippen LogP contribution < -0.4 is 14.8 Å². The average molecular weight is 458 g/mol. The van der Waals surface area contributed by atoms with Gasteiger partial charge in [0.05, 0.1) is 31.2 Å². The van der Waals surface area contributed by atoms with Crippen molar-refractivity contribution in [2.75, 3.05) is 20.3 Å². The monoisotopic (exact) mass is 457 g/mol. The Morgan fingerprint density at radius 1 is 0.912 bits per heavy atom. The van der Waals surface area contributed by atoms with Crippen LogP contribution in [-0.2, 0) is 24.2 Å². The second-order valence-corrected chi connectivity index (χ2v) is 8.16. The maximum absolute atomic E-state index is 12.3. The van der Waals surface area contributed by atoms with Gasteiger partial charge in [-0.3, -0.25) is 4.79 Å². The molecule has 0 radical (unpaired) electrons. The molecule has 0 aliphatic rings. The minimum absolute atomic E-state index is 0.0248. The molecule has 0 aliphatic heterocycles. The number of nitrogens with one attached hydrogen (secondary N) is 1. The summed E-state index contributed by atoms with van der Waals surface area (Å²) in [6.45, 7) is 2.11. The number of methoxy groups -OCH3 is 1. The molecule has 0 saturated carbocycles. The average Bonchev–Trinajstić information content (AvgIpc) is 3.23. The van der Waals surface area contributed by atoms with Gasteiger partial charge < -0.3 is 19.4 Å². The first-order valence-electron chi connectivity index (χ1n) is 11.7. The zero-order valence-corrected chi connectivity index (χ0v) is 19.6. The van der Waals surface area contributed by atoms with Crippen molar-refractivity contribution in [2.45, 2.75) is 32.2 Å². The van der Waals surface area contributed by atoms with E-state index >= 15 is 0 Å². The molecule has 0 saturated heterocycles. The minimum Gasteiger partial charge on any atom is -0.497 e. The Hall–Kier alpha value is -3.80. The summed E-state index contributed by atoms with van der Waals surface area (Å²) in [7, 11) is 1.63. The molecule has 4 aromatic rings. The van der Waals surface area contributed by atoms with E-state index in [-0.39, 0.29) is 5.91 Å². The summed E-state index contributed by atoms with van der Waals surface area (Å²) >= 11 is 0. The van der Waals surface area contributed by atoms with E-state index in [9.17, 15) is 4.79 Å². The Morgan fingerprint density at radius 2 is 1.68 bits per heavy atom. The number of para-hydroxylation sites is 3. The lowest BCUT2D eigenvalue weighted by atomic mass is 10.1. The third kappa shape index (κ3) is 6.38. The highest BCUT2D eigenvalue weighted by Crippen LogP contribution is 2.18. The van der Waals surface area contributed by atoms with Crippen molar-refractivity contribution in [2.24, 2.45) is 0 Å². The van der Waals surface area contributed by atoms with E-state index in [1.807, 2.05) is 72.8 Å². The molecule has 3 aromatic carbocycles. The fourth-order valence-electron chi connectivity index (χ4n) is 3.96. The number of amides is 1. The van der Waals surface area contributed by atoms with Crippen LogP contribution in [0.1, 0.15) is 24.2 Å². The van der Waals surface area contributed by atoms with Crippen molar-refractivity contribution >= 4 is 16.9 Å². The second-order valence-electron chi connectivity index (χ2n) is 8.16. The number of hydrogen-bond donors (Lipinski definition) is 1. The summed E-state index contributed by atoms with van der Waals surface area (Å²) in [5, 5.41) is 3.03. The van der Waals surface area contributed by atoms with Gasteiger partial charge in [0.15, 0.2) is 0 Å². The molecule has 0 aliphatic carbocycles. The summed E-state index contributed by atoms with van der Waals surface area (Å²) < 4.78 is 13.3. The van der Waals surface area contributed by atoms with Gasteiger partial charge in [0, 0.05) is 19.5 Å². The molecule has 1 aromatic heterocycles. The van der Waals surface area contributed by atoms with Gasteiger partial charge in [-0.2, -0.15) is 0 Å². The zero-order chi connectivity index (χ0) is 23.6. The summed E-state index contributed by atoms with van der Waals surface area (Å²) in [6, 6.07) is 25.7. The number of imidazole rings is 1. The van der Waals surface area contributed by atoms with E-state index in [2.05, 4.69) is 16.0 Å². The van der Waals surface area contributed by atoms with E-state index in [0.29, 0.717) is 19.6 Å². The summed E-state index contributed by atoms with van der Waals surface area (Å²) in [5.74, 6) is 2.75.